The van der Waals surface area contributed by atoms with Crippen LogP contribution in [0.5, 0.6) is 0 Å². The number of benzene rings is 1. The molecule has 8 heteroatoms. The molecule has 1 amide bonds. The van der Waals surface area contributed by atoms with Crippen molar-refractivity contribution in [1.29, 1.82) is 0 Å². The van der Waals surface area contributed by atoms with Crippen LogP contribution in [0.4, 0.5) is 0 Å². The Bertz CT molecular complexity index is 709. The van der Waals surface area contributed by atoms with Gasteiger partial charge in [0, 0.05) is 44.0 Å². The van der Waals surface area contributed by atoms with E-state index in [4.69, 9.17) is 0 Å². The molecule has 3 rings (SSSR count). The van der Waals surface area contributed by atoms with Crippen molar-refractivity contribution in [1.82, 2.24) is 25.3 Å². The fraction of sp³-hybridized carbons (Fsp3) is 0.474. The van der Waals surface area contributed by atoms with E-state index in [9.17, 15) is 4.79 Å². The van der Waals surface area contributed by atoms with Crippen molar-refractivity contribution >= 4 is 30.7 Å². The Morgan fingerprint density at radius 1 is 1.30 bits per heavy atom. The van der Waals surface area contributed by atoms with Gasteiger partial charge in [-0.15, -0.1) is 24.8 Å². The second kappa shape index (κ2) is 10.7. The van der Waals surface area contributed by atoms with Crippen LogP contribution in [0.2, 0.25) is 0 Å². The Hall–Kier alpha value is -1.60. The fourth-order valence-electron chi connectivity index (χ4n) is 3.56. The Balaban J connectivity index is 0.00000182. The zero-order chi connectivity index (χ0) is 17.8. The van der Waals surface area contributed by atoms with Gasteiger partial charge in [0.1, 0.15) is 6.04 Å². The van der Waals surface area contributed by atoms with Crippen LogP contribution in [0.25, 0.3) is 0 Å². The number of halogens is 2. The van der Waals surface area contributed by atoms with E-state index < -0.39 is 0 Å². The molecule has 1 aromatic heterocycles. The summed E-state index contributed by atoms with van der Waals surface area (Å²) in [4.78, 5) is 15.1. The average Bonchev–Trinajstić information content (AvgIpc) is 3.15. The van der Waals surface area contributed by atoms with Crippen LogP contribution in [0, 0.1) is 0 Å². The van der Waals surface area contributed by atoms with E-state index in [-0.39, 0.29) is 42.8 Å². The van der Waals surface area contributed by atoms with E-state index in [0.717, 1.165) is 25.1 Å². The van der Waals surface area contributed by atoms with Gasteiger partial charge in [0.05, 0.1) is 6.20 Å². The maximum atomic E-state index is 12.7. The number of hydrogen-bond acceptors (Lipinski definition) is 4. The van der Waals surface area contributed by atoms with Crippen molar-refractivity contribution in [2.45, 2.75) is 38.0 Å². The van der Waals surface area contributed by atoms with Gasteiger partial charge in [-0.25, -0.2) is 0 Å². The van der Waals surface area contributed by atoms with Crippen LogP contribution in [0.1, 0.15) is 30.5 Å². The summed E-state index contributed by atoms with van der Waals surface area (Å²) in [6.07, 6.45) is 4.58. The number of nitrogens with zero attached hydrogens (tertiary/aromatic N) is 3. The number of hydrogen-bond donors (Lipinski definition) is 2. The van der Waals surface area contributed by atoms with Gasteiger partial charge in [-0.3, -0.25) is 14.4 Å². The molecule has 6 nitrogen and oxygen atoms in total. The van der Waals surface area contributed by atoms with Crippen molar-refractivity contribution in [3.63, 3.8) is 0 Å². The number of likely N-dealkylation sites (tertiary alicyclic amines) is 1. The van der Waals surface area contributed by atoms with Crippen LogP contribution in [-0.2, 0) is 18.4 Å². The third kappa shape index (κ3) is 5.94. The topological polar surface area (TPSA) is 62.2 Å². The number of likely N-dealkylation sites (N-methyl/N-ethyl adjacent to an activating group) is 1. The molecule has 1 aliphatic rings. The monoisotopic (exact) mass is 413 g/mol. The van der Waals surface area contributed by atoms with Crippen molar-refractivity contribution in [3.8, 4) is 0 Å². The normalized spacial score (nSPS) is 20.4. The molecule has 1 aliphatic heterocycles. The first-order chi connectivity index (χ1) is 12.1. The van der Waals surface area contributed by atoms with Crippen LogP contribution in [-0.4, -0.2) is 46.3 Å². The van der Waals surface area contributed by atoms with Crippen molar-refractivity contribution in [2.24, 2.45) is 7.05 Å². The summed E-state index contributed by atoms with van der Waals surface area (Å²) >= 11 is 0. The molecule has 2 aromatic rings. The van der Waals surface area contributed by atoms with Crippen molar-refractivity contribution in [3.05, 3.63) is 53.9 Å². The molecule has 0 spiro atoms. The number of amides is 1. The SMILES string of the molecule is CNC(C(=O)NC1CC(C)N(Cc2ccccc2)C1)c1cnn(C)c1.Cl.Cl. The summed E-state index contributed by atoms with van der Waals surface area (Å²) in [6.45, 7) is 4.03. The number of nitrogens with one attached hydrogen (secondary N) is 2. The van der Waals surface area contributed by atoms with Gasteiger partial charge in [-0.2, -0.15) is 5.10 Å². The molecular weight excluding hydrogens is 385 g/mol. The number of rotatable bonds is 6. The average molecular weight is 414 g/mol. The lowest BCUT2D eigenvalue weighted by molar-refractivity contribution is -0.123. The minimum Gasteiger partial charge on any atom is -0.350 e. The van der Waals surface area contributed by atoms with Gasteiger partial charge in [0.2, 0.25) is 5.91 Å². The molecule has 0 saturated carbocycles. The molecule has 0 radical (unpaired) electrons. The summed E-state index contributed by atoms with van der Waals surface area (Å²) in [6, 6.07) is 10.7. The van der Waals surface area contributed by atoms with E-state index in [1.54, 1.807) is 17.9 Å². The van der Waals surface area contributed by atoms with Gasteiger partial charge in [0.15, 0.2) is 0 Å². The zero-order valence-electron chi connectivity index (χ0n) is 16.0. The van der Waals surface area contributed by atoms with Crippen LogP contribution in [0.3, 0.4) is 0 Å². The second-order valence-corrected chi connectivity index (χ2v) is 6.87. The van der Waals surface area contributed by atoms with Gasteiger partial charge >= 0.3 is 0 Å². The van der Waals surface area contributed by atoms with Crippen molar-refractivity contribution < 1.29 is 4.79 Å². The maximum absolute atomic E-state index is 12.7. The van der Waals surface area contributed by atoms with E-state index in [1.807, 2.05) is 19.3 Å². The zero-order valence-corrected chi connectivity index (χ0v) is 17.6. The Morgan fingerprint density at radius 2 is 2.00 bits per heavy atom. The summed E-state index contributed by atoms with van der Waals surface area (Å²) in [7, 11) is 3.66. The highest BCUT2D eigenvalue weighted by Crippen LogP contribution is 2.21. The second-order valence-electron chi connectivity index (χ2n) is 6.87. The first-order valence-electron chi connectivity index (χ1n) is 8.81. The third-order valence-electron chi connectivity index (χ3n) is 4.89. The number of carbonyl (C=O) groups is 1. The van der Waals surface area contributed by atoms with Gasteiger partial charge < -0.3 is 10.6 Å². The van der Waals surface area contributed by atoms with Gasteiger partial charge in [-0.1, -0.05) is 30.3 Å². The van der Waals surface area contributed by atoms with Crippen LogP contribution < -0.4 is 10.6 Å². The molecule has 1 aromatic carbocycles. The van der Waals surface area contributed by atoms with Crippen molar-refractivity contribution in [2.75, 3.05) is 13.6 Å². The lowest BCUT2D eigenvalue weighted by atomic mass is 10.1. The van der Waals surface area contributed by atoms with Crippen LogP contribution >= 0.6 is 24.8 Å². The fourth-order valence-corrected chi connectivity index (χ4v) is 3.56. The Kier molecular flexibility index (Phi) is 9.26. The molecule has 27 heavy (non-hydrogen) atoms. The molecule has 2 heterocycles. The Labute approximate surface area is 173 Å². The summed E-state index contributed by atoms with van der Waals surface area (Å²) in [5.74, 6) is 0.00858. The number of aromatic nitrogens is 2. The molecule has 3 unspecified atom stereocenters. The lowest BCUT2D eigenvalue weighted by Crippen LogP contribution is -2.43. The Morgan fingerprint density at radius 3 is 2.59 bits per heavy atom. The molecular formula is C19H29Cl2N5O. The summed E-state index contributed by atoms with van der Waals surface area (Å²) in [5.41, 5.74) is 2.19. The minimum atomic E-state index is -0.368. The molecule has 1 saturated heterocycles. The molecule has 0 aliphatic carbocycles. The molecule has 150 valence electrons. The van der Waals surface area contributed by atoms with Gasteiger partial charge in [0.25, 0.3) is 0 Å². The van der Waals surface area contributed by atoms with E-state index in [2.05, 4.69) is 51.8 Å². The highest BCUT2D eigenvalue weighted by atomic mass is 35.5. The van der Waals surface area contributed by atoms with E-state index in [1.165, 1.54) is 5.56 Å². The lowest BCUT2D eigenvalue weighted by Gasteiger charge is -2.21. The summed E-state index contributed by atoms with van der Waals surface area (Å²) in [5, 5.41) is 10.5. The first kappa shape index (κ1) is 23.4. The number of carbonyl (C=O) groups excluding carboxylic acids is 1. The molecule has 0 bridgehead atoms. The molecule has 3 atom stereocenters. The van der Waals surface area contributed by atoms with Gasteiger partial charge in [-0.05, 0) is 26.0 Å². The predicted molar refractivity (Wildman–Crippen MR) is 112 cm³/mol. The largest absolute Gasteiger partial charge is 0.350 e. The highest BCUT2D eigenvalue weighted by molar-refractivity contribution is 5.85. The maximum Gasteiger partial charge on any atom is 0.242 e. The quantitative estimate of drug-likeness (QED) is 0.762. The highest BCUT2D eigenvalue weighted by Gasteiger charge is 2.31. The standard InChI is InChI=1S/C19H27N5O.2ClH/c1-14-9-17(13-24(14)11-15-7-5-4-6-8-15)22-19(25)18(20-2)16-10-21-23(3)12-16;;/h4-8,10,12,14,17-18,20H,9,11,13H2,1-3H3,(H,22,25);2*1H. The molecule has 2 N–H and O–H groups in total. The predicted octanol–water partition coefficient (Wildman–Crippen LogP) is 2.30. The van der Waals surface area contributed by atoms with Crippen LogP contribution in [0.15, 0.2) is 42.7 Å². The third-order valence-corrected chi connectivity index (χ3v) is 4.89. The number of aryl methyl sites for hydroxylation is 1. The molecule has 1 fully saturated rings. The smallest absolute Gasteiger partial charge is 0.242 e. The van der Waals surface area contributed by atoms with E-state index >= 15 is 0 Å². The minimum absolute atomic E-state index is 0. The summed E-state index contributed by atoms with van der Waals surface area (Å²) < 4.78 is 1.71. The van der Waals surface area contributed by atoms with E-state index in [0.29, 0.717) is 6.04 Å². The first-order valence-corrected chi connectivity index (χ1v) is 8.81.